The molecule has 1 aliphatic heterocycles. The topological polar surface area (TPSA) is 29.3 Å². The van der Waals surface area contributed by atoms with Crippen molar-refractivity contribution in [3.05, 3.63) is 0 Å². The third kappa shape index (κ3) is 2.85. The number of hydrogen-bond donors (Lipinski definition) is 1. The van der Waals surface area contributed by atoms with Crippen molar-refractivity contribution < 1.29 is 0 Å². The second-order valence-electron chi connectivity index (χ2n) is 6.81. The maximum atomic E-state index is 6.40. The lowest BCUT2D eigenvalue weighted by Crippen LogP contribution is -2.55. The van der Waals surface area contributed by atoms with Crippen molar-refractivity contribution in [1.82, 2.24) is 4.90 Å². The molecule has 2 fully saturated rings. The van der Waals surface area contributed by atoms with Crippen LogP contribution in [0.25, 0.3) is 0 Å². The number of rotatable bonds is 3. The average molecular weight is 238 g/mol. The first-order chi connectivity index (χ1) is 8.04. The molecule has 0 spiro atoms. The maximum absolute atomic E-state index is 6.40. The summed E-state index contributed by atoms with van der Waals surface area (Å²) < 4.78 is 0. The lowest BCUT2D eigenvalue weighted by atomic mass is 9.79. The fourth-order valence-corrected chi connectivity index (χ4v) is 4.03. The first kappa shape index (κ1) is 13.4. The Morgan fingerprint density at radius 1 is 1.29 bits per heavy atom. The third-order valence-corrected chi connectivity index (χ3v) is 5.04. The highest BCUT2D eigenvalue weighted by molar-refractivity contribution is 4.98. The van der Waals surface area contributed by atoms with Gasteiger partial charge in [-0.2, -0.15) is 0 Å². The van der Waals surface area contributed by atoms with Gasteiger partial charge in [-0.25, -0.2) is 0 Å². The van der Waals surface area contributed by atoms with Crippen LogP contribution in [0.4, 0.5) is 0 Å². The molecule has 1 aliphatic carbocycles. The van der Waals surface area contributed by atoms with Gasteiger partial charge in [-0.15, -0.1) is 0 Å². The van der Waals surface area contributed by atoms with Gasteiger partial charge in [-0.3, -0.25) is 4.90 Å². The van der Waals surface area contributed by atoms with Crippen LogP contribution in [0.3, 0.4) is 0 Å². The van der Waals surface area contributed by atoms with Gasteiger partial charge in [0.15, 0.2) is 0 Å². The van der Waals surface area contributed by atoms with E-state index in [4.69, 9.17) is 5.73 Å². The Morgan fingerprint density at radius 2 is 2.06 bits per heavy atom. The number of nitrogens with two attached hydrogens (primary N) is 1. The van der Waals surface area contributed by atoms with Crippen molar-refractivity contribution in [2.75, 3.05) is 6.54 Å². The van der Waals surface area contributed by atoms with E-state index >= 15 is 0 Å². The molecule has 3 unspecified atom stereocenters. The van der Waals surface area contributed by atoms with E-state index in [0.29, 0.717) is 17.6 Å². The summed E-state index contributed by atoms with van der Waals surface area (Å²) in [4.78, 5) is 2.72. The van der Waals surface area contributed by atoms with Gasteiger partial charge in [0.2, 0.25) is 0 Å². The molecule has 2 N–H and O–H groups in total. The zero-order valence-electron chi connectivity index (χ0n) is 11.9. The minimum atomic E-state index is 0.385. The molecule has 2 heteroatoms. The minimum Gasteiger partial charge on any atom is -0.326 e. The molecule has 0 amide bonds. The molecule has 2 aliphatic rings. The molecule has 2 nitrogen and oxygen atoms in total. The van der Waals surface area contributed by atoms with Crippen molar-refractivity contribution in [2.24, 2.45) is 11.7 Å². The second kappa shape index (κ2) is 5.27. The molecule has 100 valence electrons. The van der Waals surface area contributed by atoms with E-state index in [2.05, 4.69) is 25.7 Å². The van der Waals surface area contributed by atoms with Crippen LogP contribution >= 0.6 is 0 Å². The largest absolute Gasteiger partial charge is 0.326 e. The highest BCUT2D eigenvalue weighted by Crippen LogP contribution is 2.37. The quantitative estimate of drug-likeness (QED) is 0.818. The van der Waals surface area contributed by atoms with Crippen LogP contribution in [0.15, 0.2) is 0 Å². The van der Waals surface area contributed by atoms with Gasteiger partial charge in [0, 0.05) is 17.6 Å². The van der Waals surface area contributed by atoms with Gasteiger partial charge in [0.25, 0.3) is 0 Å². The van der Waals surface area contributed by atoms with Gasteiger partial charge >= 0.3 is 0 Å². The summed E-state index contributed by atoms with van der Waals surface area (Å²) in [5, 5.41) is 0. The SMILES string of the molecule is CCCC1CCC(N)C(N2CCCC2(C)C)C1. The Morgan fingerprint density at radius 3 is 2.65 bits per heavy atom. The van der Waals surface area contributed by atoms with Crippen molar-refractivity contribution >= 4 is 0 Å². The van der Waals surface area contributed by atoms with Crippen LogP contribution in [0, 0.1) is 5.92 Å². The molecule has 17 heavy (non-hydrogen) atoms. The van der Waals surface area contributed by atoms with Gasteiger partial charge in [-0.05, 0) is 58.4 Å². The lowest BCUT2D eigenvalue weighted by Gasteiger charge is -2.45. The lowest BCUT2D eigenvalue weighted by molar-refractivity contribution is 0.0578. The molecule has 0 aromatic heterocycles. The molecule has 1 saturated heterocycles. The van der Waals surface area contributed by atoms with Crippen molar-refractivity contribution in [3.63, 3.8) is 0 Å². The summed E-state index contributed by atoms with van der Waals surface area (Å²) in [6.07, 6.45) is 9.37. The van der Waals surface area contributed by atoms with Gasteiger partial charge in [0.05, 0.1) is 0 Å². The molecule has 0 radical (unpaired) electrons. The smallest absolute Gasteiger partial charge is 0.0255 e. The summed E-state index contributed by atoms with van der Waals surface area (Å²) in [5.74, 6) is 0.932. The van der Waals surface area contributed by atoms with E-state index in [9.17, 15) is 0 Å². The van der Waals surface area contributed by atoms with Crippen LogP contribution in [0.5, 0.6) is 0 Å². The van der Waals surface area contributed by atoms with Crippen LogP contribution in [0.1, 0.15) is 65.7 Å². The Balaban J connectivity index is 2.02. The number of nitrogens with zero attached hydrogens (tertiary/aromatic N) is 1. The van der Waals surface area contributed by atoms with Crippen LogP contribution < -0.4 is 5.73 Å². The van der Waals surface area contributed by atoms with E-state index in [-0.39, 0.29) is 0 Å². The second-order valence-corrected chi connectivity index (χ2v) is 6.81. The molecule has 0 bridgehead atoms. The molecule has 1 saturated carbocycles. The van der Waals surface area contributed by atoms with Gasteiger partial charge in [0.1, 0.15) is 0 Å². The van der Waals surface area contributed by atoms with Gasteiger partial charge in [-0.1, -0.05) is 19.8 Å². The standard InChI is InChI=1S/C15H30N2/c1-4-6-12-7-8-13(16)14(11-12)17-10-5-9-15(17,2)3/h12-14H,4-11,16H2,1-3H3. The van der Waals surface area contributed by atoms with Gasteiger partial charge < -0.3 is 5.73 Å². The van der Waals surface area contributed by atoms with Crippen LogP contribution in [-0.2, 0) is 0 Å². The Bertz CT molecular complexity index is 249. The third-order valence-electron chi connectivity index (χ3n) is 5.04. The van der Waals surface area contributed by atoms with Crippen molar-refractivity contribution in [1.29, 1.82) is 0 Å². The molecule has 0 aromatic carbocycles. The number of likely N-dealkylation sites (tertiary alicyclic amines) is 1. The van der Waals surface area contributed by atoms with Crippen molar-refractivity contribution in [3.8, 4) is 0 Å². The van der Waals surface area contributed by atoms with E-state index in [0.717, 1.165) is 5.92 Å². The molecular formula is C15H30N2. The van der Waals surface area contributed by atoms with Crippen LogP contribution in [0.2, 0.25) is 0 Å². The van der Waals surface area contributed by atoms with Crippen molar-refractivity contribution in [2.45, 2.75) is 83.3 Å². The zero-order chi connectivity index (χ0) is 12.5. The first-order valence-corrected chi connectivity index (χ1v) is 7.57. The van der Waals surface area contributed by atoms with E-state index < -0.39 is 0 Å². The monoisotopic (exact) mass is 238 g/mol. The molecule has 2 rings (SSSR count). The Labute approximate surface area is 107 Å². The van der Waals surface area contributed by atoms with E-state index in [1.54, 1.807) is 0 Å². The number of hydrogen-bond acceptors (Lipinski definition) is 2. The normalized spacial score (nSPS) is 38.5. The summed E-state index contributed by atoms with van der Waals surface area (Å²) in [5.41, 5.74) is 6.78. The summed E-state index contributed by atoms with van der Waals surface area (Å²) in [6, 6.07) is 1.07. The van der Waals surface area contributed by atoms with Crippen LogP contribution in [-0.4, -0.2) is 29.1 Å². The highest BCUT2D eigenvalue weighted by Gasteiger charge is 2.41. The van der Waals surface area contributed by atoms with E-state index in [1.807, 2.05) is 0 Å². The summed E-state index contributed by atoms with van der Waals surface area (Å²) in [6.45, 7) is 8.37. The summed E-state index contributed by atoms with van der Waals surface area (Å²) in [7, 11) is 0. The molecule has 3 atom stereocenters. The average Bonchev–Trinajstić information content (AvgIpc) is 2.61. The fraction of sp³-hybridized carbons (Fsp3) is 1.00. The predicted octanol–water partition coefficient (Wildman–Crippen LogP) is 3.16. The molecular weight excluding hydrogens is 208 g/mol. The minimum absolute atomic E-state index is 0.385. The maximum Gasteiger partial charge on any atom is 0.0255 e. The Kier molecular flexibility index (Phi) is 4.14. The molecule has 0 aromatic rings. The fourth-order valence-electron chi connectivity index (χ4n) is 4.03. The molecule has 1 heterocycles. The summed E-state index contributed by atoms with van der Waals surface area (Å²) >= 11 is 0. The first-order valence-electron chi connectivity index (χ1n) is 7.57. The highest BCUT2D eigenvalue weighted by atomic mass is 15.2. The predicted molar refractivity (Wildman–Crippen MR) is 74.0 cm³/mol. The Hall–Kier alpha value is -0.0800. The zero-order valence-corrected chi connectivity index (χ0v) is 11.9. The van der Waals surface area contributed by atoms with E-state index in [1.165, 1.54) is 51.5 Å².